The minimum Gasteiger partial charge on any atom is -0.361 e. The number of aromatic nitrogens is 1. The summed E-state index contributed by atoms with van der Waals surface area (Å²) in [5.41, 5.74) is 8.99. The van der Waals surface area contributed by atoms with Gasteiger partial charge in [0, 0.05) is 23.5 Å². The Morgan fingerprint density at radius 1 is 1.08 bits per heavy atom. The van der Waals surface area contributed by atoms with Gasteiger partial charge in [-0.15, -0.1) is 0 Å². The number of H-pyrrole nitrogens is 1. The summed E-state index contributed by atoms with van der Waals surface area (Å²) in [6.45, 7) is 0. The van der Waals surface area contributed by atoms with Crippen LogP contribution in [0.1, 0.15) is 11.1 Å². The Bertz CT molecular complexity index is 858. The number of fused-ring (bicyclic) bond motifs is 1. The second kappa shape index (κ2) is 7.77. The van der Waals surface area contributed by atoms with E-state index in [1.807, 2.05) is 67.1 Å². The molecule has 0 bridgehead atoms. The quantitative estimate of drug-likeness (QED) is 0.616. The van der Waals surface area contributed by atoms with Crippen molar-refractivity contribution in [3.05, 3.63) is 71.9 Å². The topological polar surface area (TPSA) is 88.0 Å². The molecule has 0 unspecified atom stereocenters. The maximum absolute atomic E-state index is 12.3. The summed E-state index contributed by atoms with van der Waals surface area (Å²) >= 11 is 0. The molecule has 0 aliphatic heterocycles. The molecule has 0 saturated heterocycles. The third-order valence-corrected chi connectivity index (χ3v) is 4.19. The molecule has 5 heteroatoms. The largest absolute Gasteiger partial charge is 0.361 e. The zero-order valence-electron chi connectivity index (χ0n) is 13.7. The zero-order valence-corrected chi connectivity index (χ0v) is 13.7. The van der Waals surface area contributed by atoms with E-state index in [0.717, 1.165) is 22.0 Å². The van der Waals surface area contributed by atoms with Gasteiger partial charge in [-0.25, -0.2) is 0 Å². The van der Waals surface area contributed by atoms with Gasteiger partial charge in [0.25, 0.3) is 0 Å². The normalized spacial score (nSPS) is 13.3. The summed E-state index contributed by atoms with van der Waals surface area (Å²) in [4.78, 5) is 26.7. The molecule has 2 atom stereocenters. The summed E-state index contributed by atoms with van der Waals surface area (Å²) in [6, 6.07) is 15.9. The molecule has 2 aromatic carbocycles. The van der Waals surface area contributed by atoms with Crippen LogP contribution in [0.4, 0.5) is 0 Å². The molecule has 3 aromatic rings. The number of aromatic amines is 1. The van der Waals surface area contributed by atoms with Crippen LogP contribution in [0.3, 0.4) is 0 Å². The van der Waals surface area contributed by atoms with Crippen LogP contribution in [0, 0.1) is 0 Å². The van der Waals surface area contributed by atoms with Crippen LogP contribution in [0.2, 0.25) is 0 Å². The molecule has 25 heavy (non-hydrogen) atoms. The van der Waals surface area contributed by atoms with Gasteiger partial charge in [-0.1, -0.05) is 48.5 Å². The number of benzene rings is 2. The monoisotopic (exact) mass is 334 g/mol. The van der Waals surface area contributed by atoms with Gasteiger partial charge < -0.3 is 16.0 Å². The van der Waals surface area contributed by atoms with Gasteiger partial charge in [-0.2, -0.15) is 0 Å². The maximum atomic E-state index is 12.3. The van der Waals surface area contributed by atoms with Crippen molar-refractivity contribution in [2.45, 2.75) is 24.9 Å². The highest BCUT2D eigenvalue weighted by Crippen LogP contribution is 2.18. The molecule has 1 aromatic heterocycles. The van der Waals surface area contributed by atoms with Crippen LogP contribution in [0.15, 0.2) is 60.8 Å². The Balaban J connectivity index is 1.62. The molecule has 1 radical (unpaired) electrons. The first-order chi connectivity index (χ1) is 12.2. The first-order valence-corrected chi connectivity index (χ1v) is 8.20. The summed E-state index contributed by atoms with van der Waals surface area (Å²) in [5.74, 6) is -0.352. The molecule has 127 valence electrons. The van der Waals surface area contributed by atoms with E-state index < -0.39 is 12.1 Å². The predicted molar refractivity (Wildman–Crippen MR) is 97.7 cm³/mol. The number of carbonyl (C=O) groups is 1. The Hall–Kier alpha value is -2.92. The lowest BCUT2D eigenvalue weighted by molar-refractivity contribution is -0.122. The summed E-state index contributed by atoms with van der Waals surface area (Å²) < 4.78 is 0. The fourth-order valence-electron chi connectivity index (χ4n) is 2.88. The van der Waals surface area contributed by atoms with Crippen molar-refractivity contribution in [3.8, 4) is 0 Å². The summed E-state index contributed by atoms with van der Waals surface area (Å²) in [6.07, 6.45) is 4.54. The minimum atomic E-state index is -0.731. The SMILES string of the molecule is N[C@@H](Cc1c[nH]c2ccccc12)C(=O)N[C@H]([C]=O)Cc1ccccc1. The Kier molecular flexibility index (Phi) is 5.26. The molecule has 0 aliphatic rings. The highest BCUT2D eigenvalue weighted by atomic mass is 16.2. The van der Waals surface area contributed by atoms with Gasteiger partial charge >= 0.3 is 0 Å². The highest BCUT2D eigenvalue weighted by Gasteiger charge is 2.20. The number of hydrogen-bond acceptors (Lipinski definition) is 3. The Morgan fingerprint density at radius 3 is 2.56 bits per heavy atom. The number of nitrogens with two attached hydrogens (primary N) is 1. The summed E-state index contributed by atoms with van der Waals surface area (Å²) in [7, 11) is 0. The molecule has 1 amide bonds. The van der Waals surface area contributed by atoms with Gasteiger partial charge in [0.05, 0.1) is 12.1 Å². The van der Waals surface area contributed by atoms with Gasteiger partial charge in [0.1, 0.15) is 0 Å². The molecule has 0 spiro atoms. The number of nitrogens with one attached hydrogen (secondary N) is 2. The zero-order chi connectivity index (χ0) is 17.6. The average molecular weight is 334 g/mol. The molecule has 0 aliphatic carbocycles. The number of amides is 1. The molecular formula is C20H20N3O2. The molecular weight excluding hydrogens is 314 g/mol. The third kappa shape index (κ3) is 4.14. The van der Waals surface area contributed by atoms with E-state index in [4.69, 9.17) is 5.73 Å². The van der Waals surface area contributed by atoms with Crippen molar-refractivity contribution in [1.29, 1.82) is 0 Å². The van der Waals surface area contributed by atoms with E-state index in [-0.39, 0.29) is 5.91 Å². The van der Waals surface area contributed by atoms with Crippen molar-refractivity contribution in [3.63, 3.8) is 0 Å². The van der Waals surface area contributed by atoms with E-state index in [2.05, 4.69) is 10.3 Å². The fraction of sp³-hybridized carbons (Fsp3) is 0.200. The van der Waals surface area contributed by atoms with Crippen molar-refractivity contribution < 1.29 is 9.59 Å². The molecule has 1 heterocycles. The van der Waals surface area contributed by atoms with Crippen LogP contribution in [-0.4, -0.2) is 29.3 Å². The Morgan fingerprint density at radius 2 is 1.80 bits per heavy atom. The van der Waals surface area contributed by atoms with Gasteiger partial charge in [-0.05, 0) is 23.6 Å². The second-order valence-electron chi connectivity index (χ2n) is 6.04. The number of carbonyl (C=O) groups excluding carboxylic acids is 2. The molecule has 5 nitrogen and oxygen atoms in total. The second-order valence-corrected chi connectivity index (χ2v) is 6.04. The fourth-order valence-corrected chi connectivity index (χ4v) is 2.88. The van der Waals surface area contributed by atoms with Crippen LogP contribution in [-0.2, 0) is 22.4 Å². The molecule has 0 fully saturated rings. The van der Waals surface area contributed by atoms with Crippen LogP contribution >= 0.6 is 0 Å². The molecule has 0 saturated carbocycles. The van der Waals surface area contributed by atoms with E-state index in [9.17, 15) is 9.59 Å². The van der Waals surface area contributed by atoms with Crippen LogP contribution in [0.25, 0.3) is 10.9 Å². The Labute approximate surface area is 146 Å². The van der Waals surface area contributed by atoms with Crippen molar-refractivity contribution in [2.75, 3.05) is 0 Å². The lowest BCUT2D eigenvalue weighted by Crippen LogP contribution is -2.47. The first kappa shape index (κ1) is 16.9. The van der Waals surface area contributed by atoms with Gasteiger partial charge in [0.15, 0.2) is 0 Å². The van der Waals surface area contributed by atoms with Crippen LogP contribution in [0.5, 0.6) is 0 Å². The van der Waals surface area contributed by atoms with E-state index >= 15 is 0 Å². The van der Waals surface area contributed by atoms with Gasteiger partial charge in [0.2, 0.25) is 12.2 Å². The highest BCUT2D eigenvalue weighted by molar-refractivity contribution is 5.87. The minimum absolute atomic E-state index is 0.352. The number of hydrogen-bond donors (Lipinski definition) is 3. The van der Waals surface area contributed by atoms with E-state index in [1.165, 1.54) is 0 Å². The molecule has 4 N–H and O–H groups in total. The average Bonchev–Trinajstić information content (AvgIpc) is 3.05. The van der Waals surface area contributed by atoms with E-state index in [0.29, 0.717) is 12.8 Å². The predicted octanol–water partition coefficient (Wildman–Crippen LogP) is 1.87. The van der Waals surface area contributed by atoms with Gasteiger partial charge in [-0.3, -0.25) is 9.59 Å². The third-order valence-electron chi connectivity index (χ3n) is 4.19. The maximum Gasteiger partial charge on any atom is 0.237 e. The van der Waals surface area contributed by atoms with Crippen molar-refractivity contribution in [2.24, 2.45) is 5.73 Å². The van der Waals surface area contributed by atoms with Crippen molar-refractivity contribution >= 4 is 23.1 Å². The summed E-state index contributed by atoms with van der Waals surface area (Å²) in [5, 5.41) is 3.73. The van der Waals surface area contributed by atoms with Crippen LogP contribution < -0.4 is 11.1 Å². The van der Waals surface area contributed by atoms with E-state index in [1.54, 1.807) is 0 Å². The standard InChI is InChI=1S/C20H20N3O2/c21-18(11-15-12-22-19-9-5-4-8-17(15)19)20(25)23-16(13-24)10-14-6-2-1-3-7-14/h1-9,12,16,18,22H,10-11,21H2,(H,23,25)/t16-,18-/m0/s1. The lowest BCUT2D eigenvalue weighted by atomic mass is 10.0. The molecule has 3 rings (SSSR count). The number of para-hydroxylation sites is 1. The lowest BCUT2D eigenvalue weighted by Gasteiger charge is -2.16. The first-order valence-electron chi connectivity index (χ1n) is 8.20. The number of rotatable bonds is 7. The van der Waals surface area contributed by atoms with Crippen molar-refractivity contribution in [1.82, 2.24) is 10.3 Å². The smallest absolute Gasteiger partial charge is 0.237 e.